The van der Waals surface area contributed by atoms with Gasteiger partial charge in [0.15, 0.2) is 6.29 Å². The first-order valence-electron chi connectivity index (χ1n) is 2.91. The minimum atomic E-state index is -0.663. The molecule has 1 aromatic rings. The molecule has 0 aliphatic carbocycles. The van der Waals surface area contributed by atoms with Gasteiger partial charge in [0, 0.05) is 6.07 Å². The normalized spacial score (nSPS) is 9.42. The Kier molecular flexibility index (Phi) is 2.35. The van der Waals surface area contributed by atoms with Crippen LogP contribution in [0.15, 0.2) is 12.1 Å². The van der Waals surface area contributed by atoms with Crippen molar-refractivity contribution in [3.8, 4) is 0 Å². The molecule has 0 atom stereocenters. The molecule has 0 saturated heterocycles. The summed E-state index contributed by atoms with van der Waals surface area (Å²) in [6.07, 6.45) is 0.468. The van der Waals surface area contributed by atoms with E-state index in [2.05, 4.69) is 4.98 Å². The average molecular weight is 187 g/mol. The number of halogens is 1. The lowest BCUT2D eigenvalue weighted by Gasteiger charge is -1.93. The third-order valence-electron chi connectivity index (χ3n) is 1.17. The third kappa shape index (κ3) is 1.57. The van der Waals surface area contributed by atoms with Crippen LogP contribution in [-0.4, -0.2) is 16.2 Å². The molecule has 1 rings (SSSR count). The Hall–Kier alpha value is -1.49. The van der Waals surface area contributed by atoms with Crippen LogP contribution in [-0.2, 0) is 0 Å². The molecule has 0 aliphatic heterocycles. The molecule has 6 heteroatoms. The SMILES string of the molecule is O=Cc1ccc([N+](=O)[O-])c(Cl)n1. The predicted molar refractivity (Wildman–Crippen MR) is 41.3 cm³/mol. The van der Waals surface area contributed by atoms with Crippen LogP contribution in [0, 0.1) is 10.1 Å². The standard InChI is InChI=1S/C6H3ClN2O3/c7-6-5(9(11)12)2-1-4(3-10)8-6/h1-3H. The molecule has 0 radical (unpaired) electrons. The fraction of sp³-hybridized carbons (Fsp3) is 0. The highest BCUT2D eigenvalue weighted by atomic mass is 35.5. The molecule has 0 spiro atoms. The summed E-state index contributed by atoms with van der Waals surface area (Å²) in [5.41, 5.74) is -0.229. The summed E-state index contributed by atoms with van der Waals surface area (Å²) in [6, 6.07) is 2.37. The molecule has 1 heterocycles. The molecule has 62 valence electrons. The Labute approximate surface area is 72.1 Å². The number of nitro groups is 1. The fourth-order valence-corrected chi connectivity index (χ4v) is 0.872. The van der Waals surface area contributed by atoms with Crippen LogP contribution in [0.5, 0.6) is 0 Å². The van der Waals surface area contributed by atoms with Gasteiger partial charge in [-0.25, -0.2) is 4.98 Å². The first-order chi connectivity index (χ1) is 5.65. The second kappa shape index (κ2) is 3.27. The summed E-state index contributed by atoms with van der Waals surface area (Å²) >= 11 is 5.39. The van der Waals surface area contributed by atoms with E-state index in [-0.39, 0.29) is 16.5 Å². The van der Waals surface area contributed by atoms with Crippen molar-refractivity contribution in [3.05, 3.63) is 33.1 Å². The largest absolute Gasteiger partial charge is 0.306 e. The molecule has 0 bridgehead atoms. The van der Waals surface area contributed by atoms with E-state index in [1.165, 1.54) is 6.07 Å². The summed E-state index contributed by atoms with van der Waals surface area (Å²) in [6.45, 7) is 0. The summed E-state index contributed by atoms with van der Waals surface area (Å²) in [5, 5.41) is 9.94. The number of aromatic nitrogens is 1. The summed E-state index contributed by atoms with van der Waals surface area (Å²) in [5.74, 6) is 0. The zero-order valence-electron chi connectivity index (χ0n) is 5.73. The molecule has 0 fully saturated rings. The molecule has 12 heavy (non-hydrogen) atoms. The highest BCUT2D eigenvalue weighted by molar-refractivity contribution is 6.31. The van der Waals surface area contributed by atoms with Gasteiger partial charge in [-0.1, -0.05) is 11.6 Å². The summed E-state index contributed by atoms with van der Waals surface area (Å²) in [7, 11) is 0. The number of carbonyl (C=O) groups is 1. The van der Waals surface area contributed by atoms with Gasteiger partial charge >= 0.3 is 5.69 Å². The molecule has 0 unspecified atom stereocenters. The van der Waals surface area contributed by atoms with Crippen LogP contribution in [0.4, 0.5) is 5.69 Å². The van der Waals surface area contributed by atoms with E-state index in [1.807, 2.05) is 0 Å². The molecule has 5 nitrogen and oxygen atoms in total. The van der Waals surface area contributed by atoms with E-state index in [9.17, 15) is 14.9 Å². The van der Waals surface area contributed by atoms with Gasteiger partial charge in [-0.2, -0.15) is 0 Å². The minimum absolute atomic E-state index is 0.0746. The summed E-state index contributed by atoms with van der Waals surface area (Å²) in [4.78, 5) is 23.2. The highest BCUT2D eigenvalue weighted by Gasteiger charge is 2.12. The molecule has 0 aliphatic rings. The number of nitrogens with zero attached hydrogens (tertiary/aromatic N) is 2. The highest BCUT2D eigenvalue weighted by Crippen LogP contribution is 2.20. The van der Waals surface area contributed by atoms with Crippen LogP contribution in [0.1, 0.15) is 10.5 Å². The second-order valence-corrected chi connectivity index (χ2v) is 2.28. The maximum Gasteiger partial charge on any atom is 0.306 e. The van der Waals surface area contributed by atoms with E-state index in [1.54, 1.807) is 0 Å². The van der Waals surface area contributed by atoms with Gasteiger partial charge in [-0.15, -0.1) is 0 Å². The van der Waals surface area contributed by atoms with Crippen LogP contribution < -0.4 is 0 Å². The Morgan fingerprint density at radius 2 is 2.25 bits per heavy atom. The van der Waals surface area contributed by atoms with E-state index in [4.69, 9.17) is 11.6 Å². The van der Waals surface area contributed by atoms with Crippen molar-refractivity contribution >= 4 is 23.6 Å². The van der Waals surface area contributed by atoms with Crippen molar-refractivity contribution in [2.24, 2.45) is 0 Å². The Bertz CT molecular complexity index is 340. The van der Waals surface area contributed by atoms with Crippen molar-refractivity contribution in [2.45, 2.75) is 0 Å². The number of carbonyl (C=O) groups excluding carboxylic acids is 1. The Morgan fingerprint density at radius 1 is 1.58 bits per heavy atom. The van der Waals surface area contributed by atoms with Crippen LogP contribution in [0.2, 0.25) is 5.15 Å². The lowest BCUT2D eigenvalue weighted by molar-refractivity contribution is -0.385. The van der Waals surface area contributed by atoms with E-state index in [0.29, 0.717) is 6.29 Å². The zero-order chi connectivity index (χ0) is 9.14. The fourth-order valence-electron chi connectivity index (χ4n) is 0.643. The predicted octanol–water partition coefficient (Wildman–Crippen LogP) is 1.46. The van der Waals surface area contributed by atoms with Gasteiger partial charge in [0.2, 0.25) is 5.15 Å². The van der Waals surface area contributed by atoms with Crippen LogP contribution >= 0.6 is 11.6 Å². The lowest BCUT2D eigenvalue weighted by atomic mass is 10.3. The summed E-state index contributed by atoms with van der Waals surface area (Å²) < 4.78 is 0. The van der Waals surface area contributed by atoms with Crippen molar-refractivity contribution < 1.29 is 9.72 Å². The van der Waals surface area contributed by atoms with E-state index in [0.717, 1.165) is 6.07 Å². The molecular formula is C6H3ClN2O3. The topological polar surface area (TPSA) is 73.1 Å². The molecule has 0 amide bonds. The smallest absolute Gasteiger partial charge is 0.296 e. The van der Waals surface area contributed by atoms with Gasteiger partial charge in [0.25, 0.3) is 0 Å². The quantitative estimate of drug-likeness (QED) is 0.303. The van der Waals surface area contributed by atoms with Gasteiger partial charge in [-0.3, -0.25) is 14.9 Å². The van der Waals surface area contributed by atoms with Crippen LogP contribution in [0.25, 0.3) is 0 Å². The number of aldehydes is 1. The number of hydrogen-bond donors (Lipinski definition) is 0. The number of hydrogen-bond acceptors (Lipinski definition) is 4. The molecule has 1 aromatic heterocycles. The third-order valence-corrected chi connectivity index (χ3v) is 1.45. The molecule has 0 aromatic carbocycles. The van der Waals surface area contributed by atoms with E-state index >= 15 is 0 Å². The molecule has 0 N–H and O–H groups in total. The van der Waals surface area contributed by atoms with Crippen molar-refractivity contribution in [1.82, 2.24) is 4.98 Å². The van der Waals surface area contributed by atoms with Crippen LogP contribution in [0.3, 0.4) is 0 Å². The molecular weight excluding hydrogens is 184 g/mol. The van der Waals surface area contributed by atoms with Gasteiger partial charge in [0.1, 0.15) is 5.69 Å². The maximum absolute atomic E-state index is 10.2. The maximum atomic E-state index is 10.2. The zero-order valence-corrected chi connectivity index (χ0v) is 6.49. The van der Waals surface area contributed by atoms with Gasteiger partial charge in [-0.05, 0) is 6.07 Å². The monoisotopic (exact) mass is 186 g/mol. The minimum Gasteiger partial charge on any atom is -0.296 e. The van der Waals surface area contributed by atoms with Crippen molar-refractivity contribution in [1.29, 1.82) is 0 Å². The number of rotatable bonds is 2. The molecule has 0 saturated carbocycles. The van der Waals surface area contributed by atoms with Crippen molar-refractivity contribution in [3.63, 3.8) is 0 Å². The first-order valence-corrected chi connectivity index (χ1v) is 3.29. The second-order valence-electron chi connectivity index (χ2n) is 1.92. The average Bonchev–Trinajstić information content (AvgIpc) is 2.03. The van der Waals surface area contributed by atoms with Gasteiger partial charge < -0.3 is 0 Å². The van der Waals surface area contributed by atoms with E-state index < -0.39 is 4.92 Å². The first kappa shape index (κ1) is 8.61. The lowest BCUT2D eigenvalue weighted by Crippen LogP contribution is -1.93. The Balaban J connectivity index is 3.20. The van der Waals surface area contributed by atoms with Gasteiger partial charge in [0.05, 0.1) is 4.92 Å². The Morgan fingerprint density at radius 3 is 2.67 bits per heavy atom. The number of pyridine rings is 1. The van der Waals surface area contributed by atoms with Crippen molar-refractivity contribution in [2.75, 3.05) is 0 Å².